The molecule has 0 fully saturated rings. The van der Waals surface area contributed by atoms with E-state index in [0.29, 0.717) is 0 Å². The molecule has 1 aromatic carbocycles. The van der Waals surface area contributed by atoms with Gasteiger partial charge in [0.25, 0.3) is 6.04 Å². The monoisotopic (exact) mass is 336 g/mol. The number of fused-ring (bicyclic) bond motifs is 1. The van der Waals surface area contributed by atoms with E-state index in [1.54, 1.807) is 12.2 Å². The zero-order valence-corrected chi connectivity index (χ0v) is 14.8. The standard InChI is InChI=1S/C21H24N2O2/c1-3-21(4-2)16-22(18-13-11-10-12-17(18)21)19-14-8-6-5-7-9-15-20(19)23(24)25/h5-15,20H,3-4,16H2,1-2H3/b7-5-,8-6-,15-9-,19-14+. The first-order valence-electron chi connectivity index (χ1n) is 8.85. The molecule has 1 aliphatic heterocycles. The maximum atomic E-state index is 11.7. The number of hydrogen-bond donors (Lipinski definition) is 0. The molecule has 0 amide bonds. The Morgan fingerprint density at radius 2 is 1.80 bits per heavy atom. The number of benzene rings is 1. The Hall–Kier alpha value is -2.62. The van der Waals surface area contributed by atoms with Gasteiger partial charge in [0.2, 0.25) is 0 Å². The first-order valence-corrected chi connectivity index (χ1v) is 8.85. The molecule has 25 heavy (non-hydrogen) atoms. The molecule has 1 heterocycles. The van der Waals surface area contributed by atoms with Crippen LogP contribution >= 0.6 is 0 Å². The maximum absolute atomic E-state index is 11.7. The van der Waals surface area contributed by atoms with Gasteiger partial charge < -0.3 is 4.90 Å². The molecule has 0 saturated carbocycles. The minimum Gasteiger partial charge on any atom is -0.338 e. The van der Waals surface area contributed by atoms with Crippen molar-refractivity contribution in [1.29, 1.82) is 0 Å². The Bertz CT molecular complexity index is 770. The van der Waals surface area contributed by atoms with Crippen molar-refractivity contribution in [2.45, 2.75) is 38.1 Å². The van der Waals surface area contributed by atoms with Crippen LogP contribution < -0.4 is 4.90 Å². The molecule has 0 radical (unpaired) electrons. The Morgan fingerprint density at radius 1 is 1.12 bits per heavy atom. The zero-order chi connectivity index (χ0) is 17.9. The van der Waals surface area contributed by atoms with Crippen molar-refractivity contribution in [3.63, 3.8) is 0 Å². The van der Waals surface area contributed by atoms with E-state index < -0.39 is 6.04 Å². The number of para-hydroxylation sites is 1. The highest BCUT2D eigenvalue weighted by Crippen LogP contribution is 2.47. The predicted octanol–water partition coefficient (Wildman–Crippen LogP) is 4.78. The Balaban J connectivity index is 2.12. The van der Waals surface area contributed by atoms with E-state index in [0.717, 1.165) is 30.8 Å². The van der Waals surface area contributed by atoms with Gasteiger partial charge in [0.1, 0.15) is 0 Å². The van der Waals surface area contributed by atoms with Gasteiger partial charge in [0, 0.05) is 22.6 Å². The van der Waals surface area contributed by atoms with Crippen LogP contribution in [0.5, 0.6) is 0 Å². The summed E-state index contributed by atoms with van der Waals surface area (Å²) in [4.78, 5) is 13.7. The van der Waals surface area contributed by atoms with Gasteiger partial charge in [-0.25, -0.2) is 0 Å². The topological polar surface area (TPSA) is 46.4 Å². The molecule has 4 heteroatoms. The average molecular weight is 336 g/mol. The number of rotatable bonds is 4. The highest BCUT2D eigenvalue weighted by molar-refractivity contribution is 5.67. The number of allylic oxidation sites excluding steroid dienone is 6. The van der Waals surface area contributed by atoms with Crippen LogP contribution in [0.2, 0.25) is 0 Å². The number of nitro groups is 1. The van der Waals surface area contributed by atoms with E-state index in [-0.39, 0.29) is 10.3 Å². The van der Waals surface area contributed by atoms with E-state index in [1.807, 2.05) is 36.4 Å². The van der Waals surface area contributed by atoms with Crippen molar-refractivity contribution in [1.82, 2.24) is 0 Å². The minimum absolute atomic E-state index is 0.0443. The van der Waals surface area contributed by atoms with Gasteiger partial charge in [-0.3, -0.25) is 10.1 Å². The second-order valence-corrected chi connectivity index (χ2v) is 6.57. The van der Waals surface area contributed by atoms with Crippen LogP contribution in [0.1, 0.15) is 32.3 Å². The summed E-state index contributed by atoms with van der Waals surface area (Å²) in [5.74, 6) is 0. The molecule has 0 spiro atoms. The maximum Gasteiger partial charge on any atom is 0.271 e. The van der Waals surface area contributed by atoms with E-state index in [1.165, 1.54) is 5.56 Å². The molecule has 0 N–H and O–H groups in total. The summed E-state index contributed by atoms with van der Waals surface area (Å²) < 4.78 is 0. The number of nitrogens with zero attached hydrogens (tertiary/aromatic N) is 2. The molecule has 0 saturated heterocycles. The molecule has 1 aliphatic carbocycles. The zero-order valence-electron chi connectivity index (χ0n) is 14.8. The minimum atomic E-state index is -0.857. The quantitative estimate of drug-likeness (QED) is 0.587. The second-order valence-electron chi connectivity index (χ2n) is 6.57. The summed E-state index contributed by atoms with van der Waals surface area (Å²) in [7, 11) is 0. The van der Waals surface area contributed by atoms with Crippen molar-refractivity contribution in [3.05, 3.63) is 88.2 Å². The van der Waals surface area contributed by atoms with Crippen molar-refractivity contribution in [3.8, 4) is 0 Å². The average Bonchev–Trinajstić information content (AvgIpc) is 3.01. The third kappa shape index (κ3) is 3.04. The lowest BCUT2D eigenvalue weighted by Crippen LogP contribution is -2.37. The van der Waals surface area contributed by atoms with E-state index >= 15 is 0 Å². The van der Waals surface area contributed by atoms with Crippen molar-refractivity contribution < 1.29 is 4.92 Å². The van der Waals surface area contributed by atoms with Gasteiger partial charge in [-0.05, 0) is 36.6 Å². The first-order chi connectivity index (χ1) is 12.1. The van der Waals surface area contributed by atoms with Crippen LogP contribution in [0.4, 0.5) is 5.69 Å². The lowest BCUT2D eigenvalue weighted by molar-refractivity contribution is -0.499. The summed E-state index contributed by atoms with van der Waals surface area (Å²) in [5.41, 5.74) is 3.16. The van der Waals surface area contributed by atoms with Crippen LogP contribution in [0.25, 0.3) is 0 Å². The molecule has 4 nitrogen and oxygen atoms in total. The molecule has 3 rings (SSSR count). The van der Waals surface area contributed by atoms with Crippen LogP contribution in [0.3, 0.4) is 0 Å². The van der Waals surface area contributed by atoms with Gasteiger partial charge in [-0.2, -0.15) is 0 Å². The van der Waals surface area contributed by atoms with Gasteiger partial charge in [0.05, 0.1) is 5.70 Å². The molecular weight excluding hydrogens is 312 g/mol. The molecular formula is C21H24N2O2. The van der Waals surface area contributed by atoms with Crippen LogP contribution in [-0.4, -0.2) is 17.5 Å². The fraction of sp³-hybridized carbons (Fsp3) is 0.333. The van der Waals surface area contributed by atoms with Crippen molar-refractivity contribution in [2.75, 3.05) is 11.4 Å². The molecule has 130 valence electrons. The van der Waals surface area contributed by atoms with E-state index in [9.17, 15) is 10.1 Å². The summed E-state index contributed by atoms with van der Waals surface area (Å²) in [6.45, 7) is 5.19. The fourth-order valence-corrected chi connectivity index (χ4v) is 3.86. The number of hydrogen-bond acceptors (Lipinski definition) is 3. The molecule has 1 atom stereocenters. The normalized spacial score (nSPS) is 27.2. The summed E-state index contributed by atoms with van der Waals surface area (Å²) in [6, 6.07) is 7.47. The van der Waals surface area contributed by atoms with Crippen LogP contribution in [0.15, 0.2) is 72.5 Å². The van der Waals surface area contributed by atoms with E-state index in [4.69, 9.17) is 0 Å². The largest absolute Gasteiger partial charge is 0.338 e. The van der Waals surface area contributed by atoms with Crippen molar-refractivity contribution in [2.24, 2.45) is 0 Å². The van der Waals surface area contributed by atoms with E-state index in [2.05, 4.69) is 36.9 Å². The second kappa shape index (κ2) is 7.09. The van der Waals surface area contributed by atoms with Gasteiger partial charge in [0.15, 0.2) is 0 Å². The predicted molar refractivity (Wildman–Crippen MR) is 102 cm³/mol. The highest BCUT2D eigenvalue weighted by atomic mass is 16.6. The van der Waals surface area contributed by atoms with Gasteiger partial charge in [-0.1, -0.05) is 62.4 Å². The summed E-state index contributed by atoms with van der Waals surface area (Å²) in [6.07, 6.45) is 14.8. The first kappa shape index (κ1) is 17.2. The Labute approximate surface area is 149 Å². The number of anilines is 1. The Morgan fingerprint density at radius 3 is 2.52 bits per heavy atom. The lowest BCUT2D eigenvalue weighted by atomic mass is 9.78. The molecule has 1 unspecified atom stereocenters. The molecule has 0 aromatic heterocycles. The third-order valence-electron chi connectivity index (χ3n) is 5.43. The summed E-state index contributed by atoms with van der Waals surface area (Å²) in [5, 5.41) is 11.7. The fourth-order valence-electron chi connectivity index (χ4n) is 3.86. The highest BCUT2D eigenvalue weighted by Gasteiger charge is 2.43. The summed E-state index contributed by atoms with van der Waals surface area (Å²) >= 11 is 0. The smallest absolute Gasteiger partial charge is 0.271 e. The SMILES string of the molecule is CCC1(CC)CN(/C2=C/C=C\C=C/C=C\C2[N+](=O)[O-])c2ccccc21. The Kier molecular flexibility index (Phi) is 4.88. The molecule has 1 aromatic rings. The van der Waals surface area contributed by atoms with Crippen molar-refractivity contribution >= 4 is 5.69 Å². The van der Waals surface area contributed by atoms with Crippen LogP contribution in [-0.2, 0) is 5.41 Å². The molecule has 2 aliphatic rings. The molecule has 0 bridgehead atoms. The lowest BCUT2D eigenvalue weighted by Gasteiger charge is -2.29. The van der Waals surface area contributed by atoms with Crippen LogP contribution in [0, 0.1) is 10.1 Å². The van der Waals surface area contributed by atoms with Gasteiger partial charge >= 0.3 is 0 Å². The van der Waals surface area contributed by atoms with Gasteiger partial charge in [-0.15, -0.1) is 0 Å². The third-order valence-corrected chi connectivity index (χ3v) is 5.43.